The molecule has 6 heteroatoms. The first-order valence-electron chi connectivity index (χ1n) is 7.60. The highest BCUT2D eigenvalue weighted by Crippen LogP contribution is 2.26. The van der Waals surface area contributed by atoms with Crippen LogP contribution in [0.25, 0.3) is 11.0 Å². The molecule has 0 saturated carbocycles. The molecule has 5 nitrogen and oxygen atoms in total. The van der Waals surface area contributed by atoms with Crippen molar-refractivity contribution in [3.05, 3.63) is 63.6 Å². The van der Waals surface area contributed by atoms with Gasteiger partial charge in [0.25, 0.3) is 0 Å². The van der Waals surface area contributed by atoms with Crippen molar-refractivity contribution in [1.82, 2.24) is 10.3 Å². The second kappa shape index (κ2) is 7.25. The van der Waals surface area contributed by atoms with E-state index in [2.05, 4.69) is 26.2 Å². The summed E-state index contributed by atoms with van der Waals surface area (Å²) in [5.74, 6) is 0.138. The second-order valence-corrected chi connectivity index (χ2v) is 6.37. The van der Waals surface area contributed by atoms with Crippen LogP contribution in [0.2, 0.25) is 0 Å². The minimum atomic E-state index is -0.160. The minimum absolute atomic E-state index is 0.0706. The van der Waals surface area contributed by atoms with Gasteiger partial charge in [-0.3, -0.25) is 9.78 Å². The van der Waals surface area contributed by atoms with Gasteiger partial charge in [0.05, 0.1) is 12.3 Å². The number of aliphatic hydroxyl groups is 1. The first-order valence-corrected chi connectivity index (χ1v) is 8.39. The molecule has 0 aliphatic heterocycles. The summed E-state index contributed by atoms with van der Waals surface area (Å²) in [4.78, 5) is 17.0. The third-order valence-corrected chi connectivity index (χ3v) is 4.28. The van der Waals surface area contributed by atoms with E-state index in [1.165, 1.54) is 0 Å². The molecule has 1 aromatic carbocycles. The van der Waals surface area contributed by atoms with E-state index < -0.39 is 0 Å². The summed E-state index contributed by atoms with van der Waals surface area (Å²) < 4.78 is 6.71. The molecule has 2 heterocycles. The molecule has 0 fully saturated rings. The lowest BCUT2D eigenvalue weighted by molar-refractivity contribution is 0.101. The SMILES string of the molecule is Cc1ncc(CNCCO)c2cc(C(=O)c3ccc(Br)cc3)oc12. The molecule has 2 N–H and O–H groups in total. The van der Waals surface area contributed by atoms with Crippen molar-refractivity contribution in [2.24, 2.45) is 0 Å². The van der Waals surface area contributed by atoms with Gasteiger partial charge in [-0.25, -0.2) is 0 Å². The van der Waals surface area contributed by atoms with Gasteiger partial charge in [0, 0.05) is 34.7 Å². The lowest BCUT2D eigenvalue weighted by Crippen LogP contribution is -2.17. The number of aliphatic hydroxyl groups excluding tert-OH is 1. The van der Waals surface area contributed by atoms with E-state index in [-0.39, 0.29) is 12.4 Å². The van der Waals surface area contributed by atoms with Crippen molar-refractivity contribution in [2.75, 3.05) is 13.2 Å². The summed E-state index contributed by atoms with van der Waals surface area (Å²) in [6.07, 6.45) is 1.77. The molecule has 0 bridgehead atoms. The van der Waals surface area contributed by atoms with Crippen molar-refractivity contribution < 1.29 is 14.3 Å². The maximum atomic E-state index is 12.6. The van der Waals surface area contributed by atoms with Crippen LogP contribution in [0.5, 0.6) is 0 Å². The van der Waals surface area contributed by atoms with Crippen molar-refractivity contribution in [1.29, 1.82) is 0 Å². The molecule has 0 unspecified atom stereocenters. The van der Waals surface area contributed by atoms with Gasteiger partial charge in [0.2, 0.25) is 5.78 Å². The summed E-state index contributed by atoms with van der Waals surface area (Å²) in [7, 11) is 0. The highest BCUT2D eigenvalue weighted by molar-refractivity contribution is 9.10. The number of carbonyl (C=O) groups excluding carboxylic acids is 1. The number of carbonyl (C=O) groups is 1. The van der Waals surface area contributed by atoms with Gasteiger partial charge >= 0.3 is 0 Å². The van der Waals surface area contributed by atoms with Gasteiger partial charge in [0.15, 0.2) is 11.3 Å². The molecule has 2 aromatic heterocycles. The van der Waals surface area contributed by atoms with Crippen molar-refractivity contribution in [3.8, 4) is 0 Å². The van der Waals surface area contributed by atoms with Crippen LogP contribution in [0.1, 0.15) is 27.4 Å². The Bertz CT molecular complexity index is 872. The lowest BCUT2D eigenvalue weighted by atomic mass is 10.1. The molecule has 124 valence electrons. The van der Waals surface area contributed by atoms with Crippen LogP contribution in [0, 0.1) is 6.92 Å². The first kappa shape index (κ1) is 16.8. The Morgan fingerprint density at radius 3 is 2.79 bits per heavy atom. The lowest BCUT2D eigenvalue weighted by Gasteiger charge is -2.04. The summed E-state index contributed by atoms with van der Waals surface area (Å²) in [6, 6.07) is 8.94. The number of pyridine rings is 1. The smallest absolute Gasteiger partial charge is 0.228 e. The number of halogens is 1. The van der Waals surface area contributed by atoms with Crippen LogP contribution < -0.4 is 5.32 Å². The number of aryl methyl sites for hydroxylation is 1. The Morgan fingerprint density at radius 1 is 1.33 bits per heavy atom. The number of nitrogens with zero attached hydrogens (tertiary/aromatic N) is 1. The predicted molar refractivity (Wildman–Crippen MR) is 95.1 cm³/mol. The second-order valence-electron chi connectivity index (χ2n) is 5.46. The molecule has 0 spiro atoms. The minimum Gasteiger partial charge on any atom is -0.451 e. The first-order chi connectivity index (χ1) is 11.6. The third kappa shape index (κ3) is 3.40. The number of benzene rings is 1. The van der Waals surface area contributed by atoms with Crippen LogP contribution >= 0.6 is 15.9 Å². The summed E-state index contributed by atoms with van der Waals surface area (Å²) in [5.41, 5.74) is 2.87. The van der Waals surface area contributed by atoms with Crippen LogP contribution in [-0.2, 0) is 6.54 Å². The Morgan fingerprint density at radius 2 is 2.08 bits per heavy atom. The zero-order chi connectivity index (χ0) is 17.1. The highest BCUT2D eigenvalue weighted by atomic mass is 79.9. The van der Waals surface area contributed by atoms with Crippen LogP contribution in [0.15, 0.2) is 45.4 Å². The van der Waals surface area contributed by atoms with E-state index in [1.54, 1.807) is 24.4 Å². The maximum Gasteiger partial charge on any atom is 0.228 e. The average Bonchev–Trinajstić information content (AvgIpc) is 3.03. The van der Waals surface area contributed by atoms with Crippen molar-refractivity contribution in [3.63, 3.8) is 0 Å². The van der Waals surface area contributed by atoms with E-state index in [9.17, 15) is 4.79 Å². The summed E-state index contributed by atoms with van der Waals surface area (Å²) in [6.45, 7) is 2.97. The molecule has 0 radical (unpaired) electrons. The number of hydrogen-bond donors (Lipinski definition) is 2. The van der Waals surface area contributed by atoms with Gasteiger partial charge in [-0.05, 0) is 42.8 Å². The van der Waals surface area contributed by atoms with E-state index in [0.29, 0.717) is 30.0 Å². The van der Waals surface area contributed by atoms with Crippen LogP contribution in [0.3, 0.4) is 0 Å². The zero-order valence-corrected chi connectivity index (χ0v) is 14.8. The molecule has 0 aliphatic carbocycles. The Hall–Kier alpha value is -2.02. The van der Waals surface area contributed by atoms with Gasteiger partial charge in [-0.15, -0.1) is 0 Å². The van der Waals surface area contributed by atoms with Gasteiger partial charge in [-0.2, -0.15) is 0 Å². The number of aromatic nitrogens is 1. The quantitative estimate of drug-likeness (QED) is 0.500. The van der Waals surface area contributed by atoms with E-state index in [1.807, 2.05) is 19.1 Å². The van der Waals surface area contributed by atoms with Crippen LogP contribution in [0.4, 0.5) is 0 Å². The Kier molecular flexibility index (Phi) is 5.08. The number of hydrogen-bond acceptors (Lipinski definition) is 5. The summed E-state index contributed by atoms with van der Waals surface area (Å²) in [5, 5.41) is 12.9. The van der Waals surface area contributed by atoms with Gasteiger partial charge in [-0.1, -0.05) is 15.9 Å². The molecule has 3 aromatic rings. The van der Waals surface area contributed by atoms with E-state index >= 15 is 0 Å². The van der Waals surface area contributed by atoms with E-state index in [4.69, 9.17) is 9.52 Å². The molecule has 0 aliphatic rings. The van der Waals surface area contributed by atoms with Crippen molar-refractivity contribution >= 4 is 32.7 Å². The molecular weight excluding hydrogens is 372 g/mol. The highest BCUT2D eigenvalue weighted by Gasteiger charge is 2.17. The number of furan rings is 1. The van der Waals surface area contributed by atoms with Gasteiger partial charge in [0.1, 0.15) is 0 Å². The molecule has 0 atom stereocenters. The third-order valence-electron chi connectivity index (χ3n) is 3.75. The molecule has 24 heavy (non-hydrogen) atoms. The molecular formula is C18H17BrN2O3. The van der Waals surface area contributed by atoms with Crippen molar-refractivity contribution in [2.45, 2.75) is 13.5 Å². The summed E-state index contributed by atoms with van der Waals surface area (Å²) >= 11 is 3.36. The molecule has 0 amide bonds. The number of rotatable bonds is 6. The fourth-order valence-electron chi connectivity index (χ4n) is 2.50. The fourth-order valence-corrected chi connectivity index (χ4v) is 2.76. The number of nitrogens with one attached hydrogen (secondary N) is 1. The zero-order valence-electron chi connectivity index (χ0n) is 13.2. The number of fused-ring (bicyclic) bond motifs is 1. The fraction of sp³-hybridized carbons (Fsp3) is 0.222. The Labute approximate surface area is 147 Å². The standard InChI is InChI=1S/C18H17BrN2O3/c1-11-18-15(13(10-21-11)9-20-6-7-22)8-16(24-18)17(23)12-2-4-14(19)5-3-12/h2-5,8,10,20,22H,6-7,9H2,1H3. The predicted octanol–water partition coefficient (Wildman–Crippen LogP) is 3.21. The number of ketones is 1. The average molecular weight is 389 g/mol. The van der Waals surface area contributed by atoms with E-state index in [0.717, 1.165) is 21.1 Å². The monoisotopic (exact) mass is 388 g/mol. The maximum absolute atomic E-state index is 12.6. The Balaban J connectivity index is 1.97. The van der Waals surface area contributed by atoms with Gasteiger partial charge < -0.3 is 14.8 Å². The largest absolute Gasteiger partial charge is 0.451 e. The normalized spacial score (nSPS) is 11.1. The topological polar surface area (TPSA) is 75.4 Å². The molecule has 0 saturated heterocycles. The molecule has 3 rings (SSSR count). The van der Waals surface area contributed by atoms with Crippen LogP contribution in [-0.4, -0.2) is 29.0 Å².